The van der Waals surface area contributed by atoms with E-state index in [0.29, 0.717) is 28.0 Å². The number of nitro benzene ring substituents is 1. The van der Waals surface area contributed by atoms with Gasteiger partial charge in [-0.05, 0) is 30.7 Å². The zero-order chi connectivity index (χ0) is 24.1. The lowest BCUT2D eigenvalue weighted by atomic mass is 10.1. The first-order valence-electron chi connectivity index (χ1n) is 10.3. The predicted octanol–water partition coefficient (Wildman–Crippen LogP) is 5.28. The van der Waals surface area contributed by atoms with Gasteiger partial charge in [0, 0.05) is 22.7 Å². The van der Waals surface area contributed by atoms with Crippen molar-refractivity contribution >= 4 is 51.7 Å². The first kappa shape index (κ1) is 23.5. The number of aromatic nitrogens is 2. The number of rotatable bonds is 8. The van der Waals surface area contributed by atoms with E-state index in [-0.39, 0.29) is 17.3 Å². The van der Waals surface area contributed by atoms with E-state index in [2.05, 4.69) is 15.5 Å². The molecule has 4 rings (SSSR count). The van der Waals surface area contributed by atoms with Gasteiger partial charge in [-0.1, -0.05) is 65.8 Å². The molecule has 0 radical (unpaired) electrons. The molecule has 172 valence electrons. The SMILES string of the molecule is C/C(=N\NC(=O)CSc1nc2ccccc2n1Cc1ccccc1Cl)c1cccc([N+](=O)[O-])c1. The minimum Gasteiger partial charge on any atom is -0.314 e. The van der Waals surface area contributed by atoms with Crippen LogP contribution in [0.5, 0.6) is 0 Å². The number of nitro groups is 1. The van der Waals surface area contributed by atoms with Gasteiger partial charge in [-0.3, -0.25) is 14.9 Å². The number of hydrazone groups is 1. The summed E-state index contributed by atoms with van der Waals surface area (Å²) < 4.78 is 2.03. The lowest BCUT2D eigenvalue weighted by Gasteiger charge is -2.10. The van der Waals surface area contributed by atoms with E-state index >= 15 is 0 Å². The van der Waals surface area contributed by atoms with E-state index in [4.69, 9.17) is 11.6 Å². The summed E-state index contributed by atoms with van der Waals surface area (Å²) in [5.41, 5.74) is 6.23. The fourth-order valence-corrected chi connectivity index (χ4v) is 4.33. The third kappa shape index (κ3) is 5.44. The topological polar surface area (TPSA) is 102 Å². The number of benzene rings is 3. The van der Waals surface area contributed by atoms with Crippen molar-refractivity contribution in [3.05, 3.63) is 99.1 Å². The lowest BCUT2D eigenvalue weighted by Crippen LogP contribution is -2.21. The monoisotopic (exact) mass is 493 g/mol. The number of nitrogens with one attached hydrogen (secondary N) is 1. The number of nitrogens with zero attached hydrogens (tertiary/aromatic N) is 4. The van der Waals surface area contributed by atoms with Crippen LogP contribution in [0.15, 0.2) is 83.1 Å². The van der Waals surface area contributed by atoms with Crippen molar-refractivity contribution in [2.45, 2.75) is 18.6 Å². The summed E-state index contributed by atoms with van der Waals surface area (Å²) in [6, 6.07) is 21.5. The van der Waals surface area contributed by atoms with Gasteiger partial charge in [0.25, 0.3) is 11.6 Å². The Kier molecular flexibility index (Phi) is 7.24. The van der Waals surface area contributed by atoms with Crippen LogP contribution in [-0.4, -0.2) is 31.8 Å². The van der Waals surface area contributed by atoms with Crippen LogP contribution in [0.3, 0.4) is 0 Å². The number of imidazole rings is 1. The summed E-state index contributed by atoms with van der Waals surface area (Å²) in [4.78, 5) is 27.6. The molecule has 3 aromatic carbocycles. The van der Waals surface area contributed by atoms with Gasteiger partial charge in [-0.2, -0.15) is 5.10 Å². The lowest BCUT2D eigenvalue weighted by molar-refractivity contribution is -0.384. The van der Waals surface area contributed by atoms with Gasteiger partial charge < -0.3 is 4.57 Å². The Balaban J connectivity index is 1.47. The molecule has 0 atom stereocenters. The maximum Gasteiger partial charge on any atom is 0.270 e. The van der Waals surface area contributed by atoms with Crippen LogP contribution in [0, 0.1) is 10.1 Å². The van der Waals surface area contributed by atoms with Gasteiger partial charge >= 0.3 is 0 Å². The van der Waals surface area contributed by atoms with E-state index in [1.165, 1.54) is 23.9 Å². The minimum atomic E-state index is -0.472. The highest BCUT2D eigenvalue weighted by Gasteiger charge is 2.14. The molecule has 0 saturated heterocycles. The van der Waals surface area contributed by atoms with E-state index in [9.17, 15) is 14.9 Å². The first-order chi connectivity index (χ1) is 16.4. The van der Waals surface area contributed by atoms with Crippen molar-refractivity contribution in [3.63, 3.8) is 0 Å². The Morgan fingerprint density at radius 3 is 2.71 bits per heavy atom. The molecule has 0 bridgehead atoms. The second-order valence-electron chi connectivity index (χ2n) is 7.39. The number of carbonyl (C=O) groups is 1. The van der Waals surface area contributed by atoms with Gasteiger partial charge in [0.2, 0.25) is 0 Å². The van der Waals surface area contributed by atoms with Crippen molar-refractivity contribution in [1.29, 1.82) is 0 Å². The fourth-order valence-electron chi connectivity index (χ4n) is 3.33. The molecule has 1 heterocycles. The summed E-state index contributed by atoms with van der Waals surface area (Å²) in [7, 11) is 0. The highest BCUT2D eigenvalue weighted by molar-refractivity contribution is 7.99. The van der Waals surface area contributed by atoms with Crippen LogP contribution in [0.4, 0.5) is 5.69 Å². The molecule has 8 nitrogen and oxygen atoms in total. The first-order valence-corrected chi connectivity index (χ1v) is 11.7. The summed E-state index contributed by atoms with van der Waals surface area (Å²) >= 11 is 7.66. The summed E-state index contributed by atoms with van der Waals surface area (Å²) in [5, 5.41) is 16.4. The Morgan fingerprint density at radius 2 is 1.91 bits per heavy atom. The average Bonchev–Trinajstić information content (AvgIpc) is 3.20. The molecule has 1 N–H and O–H groups in total. The number of para-hydroxylation sites is 2. The van der Waals surface area contributed by atoms with E-state index in [0.717, 1.165) is 16.6 Å². The molecule has 1 amide bonds. The molecular weight excluding hydrogens is 474 g/mol. The molecule has 0 fully saturated rings. The number of hydrogen-bond donors (Lipinski definition) is 1. The summed E-state index contributed by atoms with van der Waals surface area (Å²) in [5.74, 6) is -0.219. The number of fused-ring (bicyclic) bond motifs is 1. The van der Waals surface area contributed by atoms with Crippen LogP contribution in [0.1, 0.15) is 18.1 Å². The molecule has 0 aliphatic carbocycles. The van der Waals surface area contributed by atoms with Gasteiger partial charge in [0.05, 0.1) is 34.0 Å². The Hall–Kier alpha value is -3.69. The Bertz CT molecular complexity index is 1400. The molecule has 1 aromatic heterocycles. The fraction of sp³-hybridized carbons (Fsp3) is 0.125. The molecule has 0 aliphatic rings. The minimum absolute atomic E-state index is 0.0358. The number of carbonyl (C=O) groups excluding carboxylic acids is 1. The second-order valence-corrected chi connectivity index (χ2v) is 8.74. The largest absolute Gasteiger partial charge is 0.314 e. The third-order valence-corrected chi connectivity index (χ3v) is 6.41. The van der Waals surface area contributed by atoms with E-state index in [1.54, 1.807) is 19.1 Å². The van der Waals surface area contributed by atoms with Crippen molar-refractivity contribution < 1.29 is 9.72 Å². The van der Waals surface area contributed by atoms with Crippen LogP contribution in [0.25, 0.3) is 11.0 Å². The molecule has 0 spiro atoms. The van der Waals surface area contributed by atoms with Crippen molar-refractivity contribution in [1.82, 2.24) is 15.0 Å². The highest BCUT2D eigenvalue weighted by Crippen LogP contribution is 2.27. The number of hydrogen-bond acceptors (Lipinski definition) is 6. The van der Waals surface area contributed by atoms with Crippen LogP contribution < -0.4 is 5.43 Å². The van der Waals surface area contributed by atoms with Gasteiger partial charge in [-0.15, -0.1) is 0 Å². The molecule has 4 aromatic rings. The van der Waals surface area contributed by atoms with Crippen molar-refractivity contribution in [3.8, 4) is 0 Å². The maximum atomic E-state index is 12.5. The van der Waals surface area contributed by atoms with Crippen molar-refractivity contribution in [2.75, 3.05) is 5.75 Å². The van der Waals surface area contributed by atoms with Crippen molar-refractivity contribution in [2.24, 2.45) is 5.10 Å². The summed E-state index contributed by atoms with van der Waals surface area (Å²) in [6.07, 6.45) is 0. The number of thioether (sulfide) groups is 1. The quantitative estimate of drug-likeness (QED) is 0.156. The molecule has 0 aliphatic heterocycles. The standard InChI is InChI=1S/C24H20ClN5O3S/c1-16(17-8-6-9-19(13-17)30(32)33)27-28-23(31)15-34-24-26-21-11-4-5-12-22(21)29(24)14-18-7-2-3-10-20(18)25/h2-13H,14-15H2,1H3,(H,28,31)/b27-16+. The van der Waals surface area contributed by atoms with Crippen LogP contribution >= 0.6 is 23.4 Å². The smallest absolute Gasteiger partial charge is 0.270 e. The average molecular weight is 494 g/mol. The maximum absolute atomic E-state index is 12.5. The third-order valence-electron chi connectivity index (χ3n) is 5.06. The van der Waals surface area contributed by atoms with E-state index < -0.39 is 4.92 Å². The molecular formula is C24H20ClN5O3S. The van der Waals surface area contributed by atoms with Crippen LogP contribution in [-0.2, 0) is 11.3 Å². The number of amides is 1. The molecule has 0 unspecified atom stereocenters. The normalized spacial score (nSPS) is 11.5. The van der Waals surface area contributed by atoms with E-state index in [1.807, 2.05) is 53.1 Å². The zero-order valence-corrected chi connectivity index (χ0v) is 19.7. The van der Waals surface area contributed by atoms with Gasteiger partial charge in [0.15, 0.2) is 5.16 Å². The Labute approximate surface area is 204 Å². The van der Waals surface area contributed by atoms with Gasteiger partial charge in [0.1, 0.15) is 0 Å². The predicted molar refractivity (Wildman–Crippen MR) is 134 cm³/mol. The van der Waals surface area contributed by atoms with Gasteiger partial charge in [-0.25, -0.2) is 10.4 Å². The molecule has 10 heteroatoms. The second kappa shape index (κ2) is 10.5. The van der Waals surface area contributed by atoms with Crippen LogP contribution in [0.2, 0.25) is 5.02 Å². The molecule has 34 heavy (non-hydrogen) atoms. The number of halogens is 1. The summed E-state index contributed by atoms with van der Waals surface area (Å²) in [6.45, 7) is 2.20. The number of non-ortho nitro benzene ring substituents is 1. The Morgan fingerprint density at radius 1 is 1.15 bits per heavy atom. The molecule has 0 saturated carbocycles. The zero-order valence-electron chi connectivity index (χ0n) is 18.1. The highest BCUT2D eigenvalue weighted by atomic mass is 35.5.